The van der Waals surface area contributed by atoms with Gasteiger partial charge >= 0.3 is 12.1 Å². The molecule has 2 aliphatic carbocycles. The van der Waals surface area contributed by atoms with Gasteiger partial charge in [0, 0.05) is 18.5 Å². The van der Waals surface area contributed by atoms with Gasteiger partial charge in [-0.05, 0) is 34.6 Å². The van der Waals surface area contributed by atoms with Crippen LogP contribution >= 0.6 is 0 Å². The average molecular weight is 475 g/mol. The number of ether oxygens (including phenoxy) is 1. The molecule has 2 aliphatic rings. The summed E-state index contributed by atoms with van der Waals surface area (Å²) in [5.74, 6) is -1.51. The highest BCUT2D eigenvalue weighted by Gasteiger charge is 2.30. The lowest BCUT2D eigenvalue weighted by atomic mass is 9.98. The van der Waals surface area contributed by atoms with Crippen LogP contribution < -0.4 is 10.6 Å². The van der Waals surface area contributed by atoms with Gasteiger partial charge in [-0.25, -0.2) is 4.79 Å². The number of H-pyrrole nitrogens is 1. The maximum absolute atomic E-state index is 12.4. The van der Waals surface area contributed by atoms with Crippen LogP contribution in [0, 0.1) is 11.8 Å². The Morgan fingerprint density at radius 1 is 1.06 bits per heavy atom. The second kappa shape index (κ2) is 9.61. The largest absolute Gasteiger partial charge is 0.481 e. The van der Waals surface area contributed by atoms with Gasteiger partial charge in [0.1, 0.15) is 12.3 Å². The Bertz CT molecular complexity index is 1220. The maximum atomic E-state index is 12.4. The molecule has 0 aliphatic heterocycles. The van der Waals surface area contributed by atoms with E-state index < -0.39 is 23.9 Å². The molecule has 2 amide bonds. The molecule has 1 atom stereocenters. The minimum absolute atomic E-state index is 0.0405. The normalized spacial score (nSPS) is 15.1. The summed E-state index contributed by atoms with van der Waals surface area (Å²) in [4.78, 5) is 36.2. The van der Waals surface area contributed by atoms with Gasteiger partial charge in [0.2, 0.25) is 0 Å². The van der Waals surface area contributed by atoms with Crippen molar-refractivity contribution in [3.8, 4) is 11.1 Å². The number of hydrogen-bond donors (Lipinski definition) is 4. The van der Waals surface area contributed by atoms with Gasteiger partial charge < -0.3 is 15.2 Å². The molecule has 1 fully saturated rings. The molecule has 5 rings (SSSR count). The monoisotopic (exact) mass is 474 g/mol. The van der Waals surface area contributed by atoms with E-state index >= 15 is 0 Å². The second-order valence-corrected chi connectivity index (χ2v) is 9.04. The predicted octanol–water partition coefficient (Wildman–Crippen LogP) is 4.00. The zero-order valence-corrected chi connectivity index (χ0v) is 19.0. The zero-order valence-electron chi connectivity index (χ0n) is 19.0. The molecule has 1 saturated carbocycles. The van der Waals surface area contributed by atoms with E-state index in [0.29, 0.717) is 12.3 Å². The molecule has 9 nitrogen and oxygen atoms in total. The second-order valence-electron chi connectivity index (χ2n) is 9.04. The third-order valence-corrected chi connectivity index (χ3v) is 6.57. The van der Waals surface area contributed by atoms with Gasteiger partial charge in [0.05, 0.1) is 5.92 Å². The number of carbonyl (C=O) groups is 3. The minimum atomic E-state index is -0.917. The molecule has 0 radical (unpaired) electrons. The zero-order chi connectivity index (χ0) is 24.4. The van der Waals surface area contributed by atoms with Gasteiger partial charge in [-0.15, -0.1) is 0 Å². The van der Waals surface area contributed by atoms with E-state index in [2.05, 4.69) is 33.0 Å². The molecule has 0 spiro atoms. The molecule has 35 heavy (non-hydrogen) atoms. The number of carboxylic acids is 1. The minimum Gasteiger partial charge on any atom is -0.481 e. The van der Waals surface area contributed by atoms with Crippen LogP contribution in [0.2, 0.25) is 0 Å². The summed E-state index contributed by atoms with van der Waals surface area (Å²) in [6, 6.07) is 17.5. The van der Waals surface area contributed by atoms with E-state index in [0.717, 1.165) is 35.1 Å². The van der Waals surface area contributed by atoms with Crippen molar-refractivity contribution in [2.24, 2.45) is 11.8 Å². The highest BCUT2D eigenvalue weighted by molar-refractivity contribution is 5.94. The van der Waals surface area contributed by atoms with E-state index in [1.807, 2.05) is 36.4 Å². The van der Waals surface area contributed by atoms with Crippen molar-refractivity contribution in [3.05, 3.63) is 71.4 Å². The van der Waals surface area contributed by atoms with E-state index in [4.69, 9.17) is 4.74 Å². The first kappa shape index (κ1) is 22.6. The fourth-order valence-electron chi connectivity index (χ4n) is 4.58. The van der Waals surface area contributed by atoms with E-state index in [1.54, 1.807) is 0 Å². The van der Waals surface area contributed by atoms with Crippen LogP contribution in [0.3, 0.4) is 0 Å². The molecule has 3 aromatic rings. The van der Waals surface area contributed by atoms with E-state index in [1.165, 1.54) is 6.07 Å². The van der Waals surface area contributed by atoms with Crippen molar-refractivity contribution in [3.63, 3.8) is 0 Å². The molecule has 1 heterocycles. The van der Waals surface area contributed by atoms with E-state index in [-0.39, 0.29) is 30.6 Å². The number of benzene rings is 2. The number of rotatable bonds is 9. The number of nitrogens with zero attached hydrogens (tertiary/aromatic N) is 1. The third-order valence-electron chi connectivity index (χ3n) is 6.57. The summed E-state index contributed by atoms with van der Waals surface area (Å²) in [5, 5.41) is 21.0. The van der Waals surface area contributed by atoms with Crippen LogP contribution in [0.25, 0.3) is 11.1 Å². The molecule has 1 unspecified atom stereocenters. The lowest BCUT2D eigenvalue weighted by Gasteiger charge is -2.14. The molecule has 4 N–H and O–H groups in total. The number of fused-ring (bicyclic) bond motifs is 3. The van der Waals surface area contributed by atoms with Gasteiger partial charge in [-0.1, -0.05) is 61.4 Å². The summed E-state index contributed by atoms with van der Waals surface area (Å²) < 4.78 is 5.49. The van der Waals surface area contributed by atoms with Crippen molar-refractivity contribution in [1.29, 1.82) is 0 Å². The van der Waals surface area contributed by atoms with Crippen LogP contribution in [0.1, 0.15) is 46.8 Å². The number of anilines is 1. The molecule has 1 aromatic heterocycles. The number of nitrogens with one attached hydrogen (secondary N) is 3. The van der Waals surface area contributed by atoms with E-state index in [9.17, 15) is 19.5 Å². The summed E-state index contributed by atoms with van der Waals surface area (Å²) in [5.41, 5.74) is 4.63. The number of amides is 2. The number of aromatic nitrogens is 2. The first-order valence-electron chi connectivity index (χ1n) is 11.7. The Balaban J connectivity index is 1.15. The van der Waals surface area contributed by atoms with Crippen molar-refractivity contribution in [2.75, 3.05) is 18.5 Å². The third kappa shape index (κ3) is 5.03. The van der Waals surface area contributed by atoms with Gasteiger partial charge in [0.25, 0.3) is 5.91 Å². The highest BCUT2D eigenvalue weighted by Crippen LogP contribution is 2.44. The van der Waals surface area contributed by atoms with Crippen LogP contribution in [-0.2, 0) is 9.53 Å². The molecule has 2 aromatic carbocycles. The van der Waals surface area contributed by atoms with Crippen molar-refractivity contribution in [1.82, 2.24) is 15.5 Å². The number of carbonyl (C=O) groups excluding carboxylic acids is 2. The Hall–Kier alpha value is -4.14. The molecule has 9 heteroatoms. The maximum Gasteiger partial charge on any atom is 0.412 e. The number of hydrogen-bond acceptors (Lipinski definition) is 5. The Morgan fingerprint density at radius 3 is 2.34 bits per heavy atom. The van der Waals surface area contributed by atoms with Crippen LogP contribution in [0.15, 0.2) is 54.6 Å². The van der Waals surface area contributed by atoms with Crippen molar-refractivity contribution < 1.29 is 24.2 Å². The Kier molecular flexibility index (Phi) is 6.22. The average Bonchev–Trinajstić information content (AvgIpc) is 3.46. The number of aliphatic carboxylic acids is 1. The van der Waals surface area contributed by atoms with Crippen LogP contribution in [-0.4, -0.2) is 46.4 Å². The predicted molar refractivity (Wildman–Crippen MR) is 128 cm³/mol. The first-order valence-corrected chi connectivity index (χ1v) is 11.7. The molecular formula is C26H26N4O5. The molecule has 0 bridgehead atoms. The summed E-state index contributed by atoms with van der Waals surface area (Å²) in [7, 11) is 0. The molecular weight excluding hydrogens is 448 g/mol. The smallest absolute Gasteiger partial charge is 0.412 e. The molecule has 180 valence electrons. The highest BCUT2D eigenvalue weighted by atomic mass is 16.5. The van der Waals surface area contributed by atoms with Crippen LogP contribution in [0.5, 0.6) is 0 Å². The van der Waals surface area contributed by atoms with Crippen molar-refractivity contribution >= 4 is 23.8 Å². The number of carboxylic acid groups (broad SMARTS) is 1. The summed E-state index contributed by atoms with van der Waals surface area (Å²) in [6.07, 6.45) is 1.97. The lowest BCUT2D eigenvalue weighted by molar-refractivity contribution is -0.141. The van der Waals surface area contributed by atoms with Gasteiger partial charge in [-0.3, -0.25) is 20.0 Å². The Morgan fingerprint density at radius 2 is 1.71 bits per heavy atom. The SMILES string of the molecule is O=C(Nc1cc(C(=O)NCC(CC2CC2)C(=O)O)[nH]n1)OCC1c2ccccc2-c2ccccc21. The number of aromatic amines is 1. The first-order chi connectivity index (χ1) is 17.0. The Labute approximate surface area is 201 Å². The standard InChI is InChI=1S/C26H26N4O5/c31-24(27-13-16(25(32)33)11-15-9-10-15)22-12-23(30-29-22)28-26(34)35-14-21-19-7-3-1-5-17(19)18-6-2-4-8-20(18)21/h1-8,12,15-16,21H,9-11,13-14H2,(H,27,31)(H,32,33)(H2,28,29,30,34). The summed E-state index contributed by atoms with van der Waals surface area (Å²) in [6.45, 7) is 0.202. The summed E-state index contributed by atoms with van der Waals surface area (Å²) >= 11 is 0. The van der Waals surface area contributed by atoms with Gasteiger partial charge in [0.15, 0.2) is 5.82 Å². The molecule has 0 saturated heterocycles. The van der Waals surface area contributed by atoms with Gasteiger partial charge in [-0.2, -0.15) is 5.10 Å². The topological polar surface area (TPSA) is 133 Å². The fraction of sp³-hybridized carbons (Fsp3) is 0.308. The fourth-order valence-corrected chi connectivity index (χ4v) is 4.58. The van der Waals surface area contributed by atoms with Crippen LogP contribution in [0.4, 0.5) is 10.6 Å². The quantitative estimate of drug-likeness (QED) is 0.370. The lowest BCUT2D eigenvalue weighted by Crippen LogP contribution is -2.33. The van der Waals surface area contributed by atoms with Crippen molar-refractivity contribution in [2.45, 2.75) is 25.2 Å².